The molecule has 2 rings (SSSR count). The van der Waals surface area contributed by atoms with Gasteiger partial charge in [-0.05, 0) is 55.2 Å². The number of hydrogen-bond donors (Lipinski definition) is 3. The lowest BCUT2D eigenvalue weighted by Crippen LogP contribution is -2.44. The van der Waals surface area contributed by atoms with Gasteiger partial charge in [-0.1, -0.05) is 26.0 Å². The minimum absolute atomic E-state index is 0.402. The van der Waals surface area contributed by atoms with E-state index in [4.69, 9.17) is 5.73 Å². The van der Waals surface area contributed by atoms with Crippen molar-refractivity contribution in [2.45, 2.75) is 52.1 Å². The lowest BCUT2D eigenvalue weighted by atomic mass is 9.80. The monoisotopic (exact) mass is 330 g/mol. The molecule has 1 fully saturated rings. The molecular weight excluding hydrogens is 300 g/mol. The van der Waals surface area contributed by atoms with Gasteiger partial charge in [0.25, 0.3) is 0 Å². The number of benzene rings is 1. The van der Waals surface area contributed by atoms with Gasteiger partial charge in [0.05, 0.1) is 0 Å². The number of carbonyl (C=O) groups is 1. The van der Waals surface area contributed by atoms with Crippen molar-refractivity contribution in [3.05, 3.63) is 35.4 Å². The molecule has 0 aliphatic heterocycles. The number of nitrogens with zero attached hydrogens (tertiary/aromatic N) is 1. The zero-order valence-corrected chi connectivity index (χ0v) is 15.0. The van der Waals surface area contributed by atoms with E-state index in [9.17, 15) is 4.79 Å². The first-order valence-electron chi connectivity index (χ1n) is 8.85. The molecule has 5 heteroatoms. The molecule has 4 N–H and O–H groups in total. The Hall–Kier alpha value is -2.04. The number of nitrogens with two attached hydrogens (primary N) is 1. The molecular formula is C19H30N4O. The highest BCUT2D eigenvalue weighted by molar-refractivity contribution is 5.92. The third-order valence-electron chi connectivity index (χ3n) is 4.95. The van der Waals surface area contributed by atoms with Crippen LogP contribution in [0, 0.1) is 11.8 Å². The largest absolute Gasteiger partial charge is 0.366 e. The molecule has 0 atom stereocenters. The van der Waals surface area contributed by atoms with Crippen LogP contribution < -0.4 is 16.4 Å². The average molecular weight is 330 g/mol. The molecule has 0 aromatic heterocycles. The summed E-state index contributed by atoms with van der Waals surface area (Å²) in [6.07, 6.45) is 4.96. The van der Waals surface area contributed by atoms with Gasteiger partial charge in [0.1, 0.15) is 0 Å². The van der Waals surface area contributed by atoms with Crippen LogP contribution in [0.2, 0.25) is 0 Å². The Labute approximate surface area is 145 Å². The Morgan fingerprint density at radius 2 is 2.00 bits per heavy atom. The fraction of sp³-hybridized carbons (Fsp3) is 0.579. The predicted octanol–water partition coefficient (Wildman–Crippen LogP) is 2.67. The van der Waals surface area contributed by atoms with Crippen LogP contribution >= 0.6 is 0 Å². The van der Waals surface area contributed by atoms with E-state index in [1.54, 1.807) is 13.1 Å². The molecule has 24 heavy (non-hydrogen) atoms. The van der Waals surface area contributed by atoms with Crippen LogP contribution in [0.25, 0.3) is 0 Å². The third kappa shape index (κ3) is 5.25. The Balaban J connectivity index is 1.83. The molecule has 1 aliphatic carbocycles. The standard InChI is InChI=1S/C19H30N4O/c1-13(2)15-7-9-17(10-8-15)23-19(21-3)22-12-14-5-4-6-16(11-14)18(20)24/h4-6,11,13,15,17H,7-10,12H2,1-3H3,(H2,20,24)(H2,21,22,23). The minimum atomic E-state index is -0.402. The van der Waals surface area contributed by atoms with Gasteiger partial charge >= 0.3 is 0 Å². The van der Waals surface area contributed by atoms with Crippen LogP contribution in [0.15, 0.2) is 29.3 Å². The van der Waals surface area contributed by atoms with Crippen molar-refractivity contribution in [2.24, 2.45) is 22.6 Å². The van der Waals surface area contributed by atoms with Crippen molar-refractivity contribution < 1.29 is 4.79 Å². The summed E-state index contributed by atoms with van der Waals surface area (Å²) >= 11 is 0. The Bertz CT molecular complexity index is 574. The summed E-state index contributed by atoms with van der Waals surface area (Å²) in [5.41, 5.74) is 6.87. The summed E-state index contributed by atoms with van der Waals surface area (Å²) in [4.78, 5) is 15.6. The number of primary amides is 1. The van der Waals surface area contributed by atoms with Crippen molar-refractivity contribution in [3.63, 3.8) is 0 Å². The maximum absolute atomic E-state index is 11.3. The molecule has 5 nitrogen and oxygen atoms in total. The number of aliphatic imine (C=N–C) groups is 1. The summed E-state index contributed by atoms with van der Waals surface area (Å²) < 4.78 is 0. The fourth-order valence-electron chi connectivity index (χ4n) is 3.34. The van der Waals surface area contributed by atoms with E-state index in [1.807, 2.05) is 18.2 Å². The van der Waals surface area contributed by atoms with E-state index in [1.165, 1.54) is 25.7 Å². The molecule has 0 heterocycles. The van der Waals surface area contributed by atoms with E-state index in [2.05, 4.69) is 29.5 Å². The van der Waals surface area contributed by atoms with Crippen molar-refractivity contribution >= 4 is 11.9 Å². The summed E-state index contributed by atoms with van der Waals surface area (Å²) in [6.45, 7) is 5.25. The molecule has 1 aliphatic rings. The number of guanidine groups is 1. The Kier molecular flexibility index (Phi) is 6.64. The fourth-order valence-corrected chi connectivity index (χ4v) is 3.34. The van der Waals surface area contributed by atoms with Gasteiger partial charge in [-0.2, -0.15) is 0 Å². The number of carbonyl (C=O) groups excluding carboxylic acids is 1. The zero-order chi connectivity index (χ0) is 17.5. The van der Waals surface area contributed by atoms with Gasteiger partial charge in [-0.15, -0.1) is 0 Å². The molecule has 1 aromatic carbocycles. The quantitative estimate of drug-likeness (QED) is 0.573. The molecule has 0 bridgehead atoms. The smallest absolute Gasteiger partial charge is 0.248 e. The normalized spacial score (nSPS) is 21.6. The van der Waals surface area contributed by atoms with Crippen LogP contribution in [0.4, 0.5) is 0 Å². The van der Waals surface area contributed by atoms with Gasteiger partial charge in [-0.25, -0.2) is 0 Å². The first-order valence-corrected chi connectivity index (χ1v) is 8.85. The second kappa shape index (κ2) is 8.71. The van der Waals surface area contributed by atoms with E-state index >= 15 is 0 Å². The number of rotatable bonds is 5. The first-order chi connectivity index (χ1) is 11.5. The highest BCUT2D eigenvalue weighted by atomic mass is 16.1. The Morgan fingerprint density at radius 3 is 2.58 bits per heavy atom. The molecule has 0 spiro atoms. The minimum Gasteiger partial charge on any atom is -0.366 e. The highest BCUT2D eigenvalue weighted by Crippen LogP contribution is 2.29. The van der Waals surface area contributed by atoms with Crippen LogP contribution in [0.3, 0.4) is 0 Å². The van der Waals surface area contributed by atoms with Crippen molar-refractivity contribution in [3.8, 4) is 0 Å². The molecule has 1 amide bonds. The molecule has 132 valence electrons. The number of hydrogen-bond acceptors (Lipinski definition) is 2. The molecule has 0 radical (unpaired) electrons. The molecule has 0 unspecified atom stereocenters. The van der Waals surface area contributed by atoms with E-state index in [0.29, 0.717) is 18.2 Å². The average Bonchev–Trinajstić information content (AvgIpc) is 2.59. The number of amides is 1. The van der Waals surface area contributed by atoms with E-state index in [-0.39, 0.29) is 0 Å². The SMILES string of the molecule is CN=C(NCc1cccc(C(N)=O)c1)NC1CCC(C(C)C)CC1. The second-order valence-electron chi connectivity index (χ2n) is 6.99. The van der Waals surface area contributed by atoms with Crippen molar-refractivity contribution in [2.75, 3.05) is 7.05 Å². The first kappa shape index (κ1) is 18.3. The van der Waals surface area contributed by atoms with Gasteiger partial charge in [0.15, 0.2) is 5.96 Å². The van der Waals surface area contributed by atoms with Crippen LogP contribution in [-0.4, -0.2) is 25.0 Å². The maximum atomic E-state index is 11.3. The lowest BCUT2D eigenvalue weighted by molar-refractivity contribution is 0.1000. The summed E-state index contributed by atoms with van der Waals surface area (Å²) in [5, 5.41) is 6.84. The van der Waals surface area contributed by atoms with Crippen LogP contribution in [0.5, 0.6) is 0 Å². The molecule has 1 aromatic rings. The van der Waals surface area contributed by atoms with Gasteiger partial charge in [0, 0.05) is 25.2 Å². The van der Waals surface area contributed by atoms with Crippen molar-refractivity contribution in [1.82, 2.24) is 10.6 Å². The molecule has 1 saturated carbocycles. The maximum Gasteiger partial charge on any atom is 0.248 e. The molecule has 0 saturated heterocycles. The lowest BCUT2D eigenvalue weighted by Gasteiger charge is -2.32. The highest BCUT2D eigenvalue weighted by Gasteiger charge is 2.23. The third-order valence-corrected chi connectivity index (χ3v) is 4.95. The summed E-state index contributed by atoms with van der Waals surface area (Å²) in [7, 11) is 1.79. The van der Waals surface area contributed by atoms with Crippen LogP contribution in [-0.2, 0) is 6.54 Å². The summed E-state index contributed by atoms with van der Waals surface area (Å²) in [5.74, 6) is 2.05. The predicted molar refractivity (Wildman–Crippen MR) is 98.9 cm³/mol. The van der Waals surface area contributed by atoms with Gasteiger partial charge in [0.2, 0.25) is 5.91 Å². The zero-order valence-electron chi connectivity index (χ0n) is 15.0. The number of nitrogens with one attached hydrogen (secondary N) is 2. The van der Waals surface area contributed by atoms with Crippen molar-refractivity contribution in [1.29, 1.82) is 0 Å². The van der Waals surface area contributed by atoms with E-state index < -0.39 is 5.91 Å². The van der Waals surface area contributed by atoms with Gasteiger partial charge in [-0.3, -0.25) is 9.79 Å². The van der Waals surface area contributed by atoms with Gasteiger partial charge < -0.3 is 16.4 Å². The van der Waals surface area contributed by atoms with Crippen LogP contribution in [0.1, 0.15) is 55.5 Å². The Morgan fingerprint density at radius 1 is 1.29 bits per heavy atom. The topological polar surface area (TPSA) is 79.5 Å². The summed E-state index contributed by atoms with van der Waals surface area (Å²) in [6, 6.07) is 7.85. The van der Waals surface area contributed by atoms with E-state index in [0.717, 1.165) is 23.4 Å². The second-order valence-corrected chi connectivity index (χ2v) is 6.99.